The zero-order valence-corrected chi connectivity index (χ0v) is 10.2. The zero-order valence-electron chi connectivity index (χ0n) is 10.2. The molecular formula is C14H14O4. The van der Waals surface area contributed by atoms with Crippen LogP contribution in [0.2, 0.25) is 0 Å². The lowest BCUT2D eigenvalue weighted by Crippen LogP contribution is -1.86. The Labute approximate surface area is 105 Å². The normalized spacial score (nSPS) is 10.1. The minimum absolute atomic E-state index is 0.0605. The number of ether oxygens (including phenoxy) is 2. The van der Waals surface area contributed by atoms with E-state index in [1.54, 1.807) is 36.4 Å². The van der Waals surface area contributed by atoms with Gasteiger partial charge in [-0.05, 0) is 35.4 Å². The Hall–Kier alpha value is -2.36. The Morgan fingerprint density at radius 2 is 1.11 bits per heavy atom. The SMILES string of the molecule is COc1ccc(-c2ccc(OC)c(O)c2)cc1O. The molecule has 2 aromatic carbocycles. The molecule has 0 fully saturated rings. The van der Waals surface area contributed by atoms with E-state index in [2.05, 4.69) is 0 Å². The van der Waals surface area contributed by atoms with Gasteiger partial charge in [0.15, 0.2) is 23.0 Å². The smallest absolute Gasteiger partial charge is 0.160 e. The average molecular weight is 246 g/mol. The first-order valence-corrected chi connectivity index (χ1v) is 5.40. The van der Waals surface area contributed by atoms with Crippen LogP contribution < -0.4 is 9.47 Å². The van der Waals surface area contributed by atoms with Crippen LogP contribution >= 0.6 is 0 Å². The topological polar surface area (TPSA) is 58.9 Å². The Bertz CT molecular complexity index is 512. The molecule has 0 aliphatic rings. The first kappa shape index (κ1) is 12.1. The molecule has 0 radical (unpaired) electrons. The Morgan fingerprint density at radius 3 is 1.39 bits per heavy atom. The highest BCUT2D eigenvalue weighted by atomic mass is 16.5. The first-order valence-electron chi connectivity index (χ1n) is 5.40. The van der Waals surface area contributed by atoms with Crippen LogP contribution in [0.25, 0.3) is 11.1 Å². The summed E-state index contributed by atoms with van der Waals surface area (Å²) in [6.45, 7) is 0. The van der Waals surface area contributed by atoms with E-state index < -0.39 is 0 Å². The van der Waals surface area contributed by atoms with Crippen molar-refractivity contribution in [2.75, 3.05) is 14.2 Å². The zero-order chi connectivity index (χ0) is 13.1. The molecule has 4 heteroatoms. The quantitative estimate of drug-likeness (QED) is 0.874. The van der Waals surface area contributed by atoms with Crippen LogP contribution in [-0.4, -0.2) is 24.4 Å². The van der Waals surface area contributed by atoms with Gasteiger partial charge in [0.1, 0.15) is 0 Å². The molecule has 0 heterocycles. The maximum absolute atomic E-state index is 9.71. The summed E-state index contributed by atoms with van der Waals surface area (Å²) >= 11 is 0. The summed E-state index contributed by atoms with van der Waals surface area (Å²) in [5.74, 6) is 0.948. The Kier molecular flexibility index (Phi) is 3.28. The second-order valence-electron chi connectivity index (χ2n) is 3.77. The van der Waals surface area contributed by atoms with Gasteiger partial charge in [-0.3, -0.25) is 0 Å². The summed E-state index contributed by atoms with van der Waals surface area (Å²) in [4.78, 5) is 0. The van der Waals surface area contributed by atoms with Gasteiger partial charge in [-0.2, -0.15) is 0 Å². The molecule has 0 amide bonds. The van der Waals surface area contributed by atoms with E-state index in [0.29, 0.717) is 11.5 Å². The van der Waals surface area contributed by atoms with Crippen molar-refractivity contribution in [3.05, 3.63) is 36.4 Å². The van der Waals surface area contributed by atoms with E-state index in [1.165, 1.54) is 14.2 Å². The molecule has 0 atom stereocenters. The van der Waals surface area contributed by atoms with Crippen LogP contribution in [0.1, 0.15) is 0 Å². The molecule has 18 heavy (non-hydrogen) atoms. The number of phenolic OH excluding ortho intramolecular Hbond substituents is 2. The molecule has 2 N–H and O–H groups in total. The minimum atomic E-state index is 0.0605. The van der Waals surface area contributed by atoms with Gasteiger partial charge in [0.25, 0.3) is 0 Å². The summed E-state index contributed by atoms with van der Waals surface area (Å²) in [6.07, 6.45) is 0. The van der Waals surface area contributed by atoms with Gasteiger partial charge in [-0.15, -0.1) is 0 Å². The van der Waals surface area contributed by atoms with Gasteiger partial charge in [-0.1, -0.05) is 12.1 Å². The number of hydrogen-bond donors (Lipinski definition) is 2. The lowest BCUT2D eigenvalue weighted by atomic mass is 10.0. The maximum atomic E-state index is 9.71. The Balaban J connectivity index is 2.42. The average Bonchev–Trinajstić information content (AvgIpc) is 2.38. The van der Waals surface area contributed by atoms with Gasteiger partial charge in [-0.25, -0.2) is 0 Å². The lowest BCUT2D eigenvalue weighted by molar-refractivity contribution is 0.373. The summed E-state index contributed by atoms with van der Waals surface area (Å²) in [6, 6.07) is 10.1. The maximum Gasteiger partial charge on any atom is 0.160 e. The summed E-state index contributed by atoms with van der Waals surface area (Å²) in [7, 11) is 2.99. The molecule has 0 unspecified atom stereocenters. The summed E-state index contributed by atoms with van der Waals surface area (Å²) < 4.78 is 9.95. The Morgan fingerprint density at radius 1 is 0.722 bits per heavy atom. The predicted octanol–water partition coefficient (Wildman–Crippen LogP) is 2.78. The largest absolute Gasteiger partial charge is 0.504 e. The molecule has 0 saturated heterocycles. The highest BCUT2D eigenvalue weighted by molar-refractivity contribution is 5.69. The number of aromatic hydroxyl groups is 2. The highest BCUT2D eigenvalue weighted by Gasteiger charge is 2.07. The molecular weight excluding hydrogens is 232 g/mol. The standard InChI is InChI=1S/C14H14O4/c1-17-13-5-3-9(7-11(13)15)10-4-6-14(18-2)12(16)8-10/h3-8,15-16H,1-2H3. The number of benzene rings is 2. The fourth-order valence-electron chi connectivity index (χ4n) is 1.74. The monoisotopic (exact) mass is 246 g/mol. The van der Waals surface area contributed by atoms with Crippen molar-refractivity contribution in [1.82, 2.24) is 0 Å². The van der Waals surface area contributed by atoms with Crippen LogP contribution in [-0.2, 0) is 0 Å². The predicted molar refractivity (Wildman–Crippen MR) is 68.3 cm³/mol. The number of methoxy groups -OCH3 is 2. The molecule has 0 saturated carbocycles. The van der Waals surface area contributed by atoms with Crippen LogP contribution in [0.4, 0.5) is 0 Å². The van der Waals surface area contributed by atoms with Crippen molar-refractivity contribution in [3.8, 4) is 34.1 Å². The van der Waals surface area contributed by atoms with Crippen molar-refractivity contribution >= 4 is 0 Å². The van der Waals surface area contributed by atoms with E-state index >= 15 is 0 Å². The number of phenols is 2. The fourth-order valence-corrected chi connectivity index (χ4v) is 1.74. The van der Waals surface area contributed by atoms with Crippen LogP contribution in [0.15, 0.2) is 36.4 Å². The van der Waals surface area contributed by atoms with Gasteiger partial charge >= 0.3 is 0 Å². The first-order chi connectivity index (χ1) is 8.65. The van der Waals surface area contributed by atoms with E-state index in [9.17, 15) is 10.2 Å². The lowest BCUT2D eigenvalue weighted by Gasteiger charge is -2.08. The third-order valence-corrected chi connectivity index (χ3v) is 2.69. The third-order valence-electron chi connectivity index (χ3n) is 2.69. The molecule has 0 aliphatic carbocycles. The number of hydrogen-bond acceptors (Lipinski definition) is 4. The van der Waals surface area contributed by atoms with Crippen LogP contribution in [0.5, 0.6) is 23.0 Å². The molecule has 4 nitrogen and oxygen atoms in total. The fraction of sp³-hybridized carbons (Fsp3) is 0.143. The van der Waals surface area contributed by atoms with Crippen molar-refractivity contribution in [2.45, 2.75) is 0 Å². The molecule has 0 aliphatic heterocycles. The van der Waals surface area contributed by atoms with E-state index in [1.807, 2.05) is 0 Å². The molecule has 2 rings (SSSR count). The van der Waals surface area contributed by atoms with Crippen molar-refractivity contribution in [1.29, 1.82) is 0 Å². The summed E-state index contributed by atoms with van der Waals surface area (Å²) in [5.41, 5.74) is 1.57. The minimum Gasteiger partial charge on any atom is -0.504 e. The van der Waals surface area contributed by atoms with Crippen molar-refractivity contribution in [3.63, 3.8) is 0 Å². The van der Waals surface area contributed by atoms with Crippen molar-refractivity contribution in [2.24, 2.45) is 0 Å². The van der Waals surface area contributed by atoms with Gasteiger partial charge in [0, 0.05) is 0 Å². The van der Waals surface area contributed by atoms with E-state index in [4.69, 9.17) is 9.47 Å². The summed E-state index contributed by atoms with van der Waals surface area (Å²) in [5, 5.41) is 19.4. The highest BCUT2D eigenvalue weighted by Crippen LogP contribution is 2.35. The van der Waals surface area contributed by atoms with E-state index in [-0.39, 0.29) is 11.5 Å². The molecule has 0 bridgehead atoms. The van der Waals surface area contributed by atoms with Crippen LogP contribution in [0.3, 0.4) is 0 Å². The second-order valence-corrected chi connectivity index (χ2v) is 3.77. The molecule has 94 valence electrons. The van der Waals surface area contributed by atoms with Gasteiger partial charge < -0.3 is 19.7 Å². The molecule has 0 spiro atoms. The van der Waals surface area contributed by atoms with Crippen molar-refractivity contribution < 1.29 is 19.7 Å². The van der Waals surface area contributed by atoms with E-state index in [0.717, 1.165) is 11.1 Å². The molecule has 2 aromatic rings. The van der Waals surface area contributed by atoms with Crippen LogP contribution in [0, 0.1) is 0 Å². The molecule has 0 aromatic heterocycles. The second kappa shape index (κ2) is 4.87. The number of rotatable bonds is 3. The van der Waals surface area contributed by atoms with Gasteiger partial charge in [0.2, 0.25) is 0 Å². The van der Waals surface area contributed by atoms with Gasteiger partial charge in [0.05, 0.1) is 14.2 Å². The third kappa shape index (κ3) is 2.18.